The Hall–Kier alpha value is -3.69. The Morgan fingerprint density at radius 1 is 1.00 bits per heavy atom. The number of hydrogen-bond donors (Lipinski definition) is 2. The summed E-state index contributed by atoms with van der Waals surface area (Å²) in [6.07, 6.45) is 0. The van der Waals surface area contributed by atoms with Crippen molar-refractivity contribution >= 4 is 40.9 Å². The van der Waals surface area contributed by atoms with Crippen LogP contribution in [-0.4, -0.2) is 32.3 Å². The zero-order valence-electron chi connectivity index (χ0n) is 20.5. The number of nitrogens with one attached hydrogen (secondary N) is 2. The fourth-order valence-corrected chi connectivity index (χ4v) is 4.74. The van der Waals surface area contributed by atoms with Crippen LogP contribution in [0.1, 0.15) is 32.9 Å². The molecule has 0 unspecified atom stereocenters. The number of carbonyl (C=O) groups is 2. The summed E-state index contributed by atoms with van der Waals surface area (Å²) in [5.74, 6) is -1.03. The molecule has 0 radical (unpaired) electrons. The van der Waals surface area contributed by atoms with E-state index in [1.807, 2.05) is 63.2 Å². The molecule has 0 aliphatic carbocycles. The first-order valence-electron chi connectivity index (χ1n) is 11.5. The van der Waals surface area contributed by atoms with E-state index in [1.54, 1.807) is 4.57 Å². The van der Waals surface area contributed by atoms with Crippen molar-refractivity contribution in [2.24, 2.45) is 0 Å². The van der Waals surface area contributed by atoms with Crippen LogP contribution in [0.5, 0.6) is 0 Å². The molecule has 7 nitrogen and oxygen atoms in total. The number of hydrogen-bond acceptors (Lipinski definition) is 5. The van der Waals surface area contributed by atoms with Crippen molar-refractivity contribution in [3.8, 4) is 5.69 Å². The molecule has 1 heterocycles. The van der Waals surface area contributed by atoms with Crippen LogP contribution >= 0.6 is 23.4 Å². The second-order valence-electron chi connectivity index (χ2n) is 8.51. The van der Waals surface area contributed by atoms with Crippen molar-refractivity contribution < 1.29 is 14.0 Å². The standard InChI is InChI=1S/C27H25ClFN5O2S/c1-16-6-4-7-19(12-16)31-24(35)15-37-27-33-32-23(34(27)22-13-17(2)10-11-18(22)3)14-30-26(36)25-20(28)8-5-9-21(25)29/h4-13H,14-15H2,1-3H3,(H,30,36)(H,31,35). The van der Waals surface area contributed by atoms with Crippen molar-refractivity contribution in [2.75, 3.05) is 11.1 Å². The Labute approximate surface area is 223 Å². The highest BCUT2D eigenvalue weighted by Crippen LogP contribution is 2.26. The minimum Gasteiger partial charge on any atom is -0.345 e. The van der Waals surface area contributed by atoms with Crippen LogP contribution in [0, 0.1) is 26.6 Å². The molecular formula is C27H25ClFN5O2S. The smallest absolute Gasteiger partial charge is 0.256 e. The average molecular weight is 538 g/mol. The first-order chi connectivity index (χ1) is 17.7. The molecule has 0 saturated heterocycles. The van der Waals surface area contributed by atoms with Gasteiger partial charge in [0.1, 0.15) is 5.82 Å². The zero-order valence-corrected chi connectivity index (χ0v) is 22.1. The molecule has 4 aromatic rings. The van der Waals surface area contributed by atoms with E-state index in [1.165, 1.54) is 30.0 Å². The van der Waals surface area contributed by atoms with Crippen molar-refractivity contribution in [3.63, 3.8) is 0 Å². The molecule has 190 valence electrons. The van der Waals surface area contributed by atoms with E-state index >= 15 is 0 Å². The van der Waals surface area contributed by atoms with Gasteiger partial charge in [-0.3, -0.25) is 14.2 Å². The monoisotopic (exact) mass is 537 g/mol. The maximum Gasteiger partial charge on any atom is 0.256 e. The third-order valence-electron chi connectivity index (χ3n) is 5.54. The highest BCUT2D eigenvalue weighted by molar-refractivity contribution is 7.99. The lowest BCUT2D eigenvalue weighted by molar-refractivity contribution is -0.113. The molecule has 2 N–H and O–H groups in total. The SMILES string of the molecule is Cc1cccc(NC(=O)CSc2nnc(CNC(=O)c3c(F)cccc3Cl)n2-c2cc(C)ccc2C)c1. The van der Waals surface area contributed by atoms with E-state index in [9.17, 15) is 14.0 Å². The topological polar surface area (TPSA) is 88.9 Å². The molecule has 37 heavy (non-hydrogen) atoms. The summed E-state index contributed by atoms with van der Waals surface area (Å²) in [5, 5.41) is 14.6. The Morgan fingerprint density at radius 2 is 1.76 bits per heavy atom. The highest BCUT2D eigenvalue weighted by Gasteiger charge is 2.20. The molecule has 3 aromatic carbocycles. The Kier molecular flexibility index (Phi) is 8.25. The lowest BCUT2D eigenvalue weighted by atomic mass is 10.1. The molecule has 2 amide bonds. The number of nitrogens with zero attached hydrogens (tertiary/aromatic N) is 3. The number of halogens is 2. The van der Waals surface area contributed by atoms with Gasteiger partial charge in [0.2, 0.25) is 5.91 Å². The Bertz CT molecular complexity index is 1450. The second-order valence-corrected chi connectivity index (χ2v) is 9.86. The van der Waals surface area contributed by atoms with Crippen LogP contribution in [0.4, 0.5) is 10.1 Å². The molecule has 0 bridgehead atoms. The molecule has 0 aliphatic heterocycles. The first-order valence-corrected chi connectivity index (χ1v) is 12.8. The van der Waals surface area contributed by atoms with Gasteiger partial charge in [0.25, 0.3) is 5.91 Å². The molecular weight excluding hydrogens is 513 g/mol. The summed E-state index contributed by atoms with van der Waals surface area (Å²) in [4.78, 5) is 25.3. The number of anilines is 1. The Balaban J connectivity index is 1.57. The molecule has 10 heteroatoms. The van der Waals surface area contributed by atoms with Crippen LogP contribution in [0.3, 0.4) is 0 Å². The maximum atomic E-state index is 14.2. The molecule has 1 aromatic heterocycles. The van der Waals surface area contributed by atoms with Crippen molar-refractivity contribution in [1.82, 2.24) is 20.1 Å². The van der Waals surface area contributed by atoms with Crippen LogP contribution in [0.15, 0.2) is 65.8 Å². The summed E-state index contributed by atoms with van der Waals surface area (Å²) in [7, 11) is 0. The number of thioether (sulfide) groups is 1. The fraction of sp³-hybridized carbons (Fsp3) is 0.185. The number of rotatable bonds is 8. The van der Waals surface area contributed by atoms with Crippen LogP contribution in [0.25, 0.3) is 5.69 Å². The number of carbonyl (C=O) groups excluding carboxylic acids is 2. The molecule has 0 saturated carbocycles. The zero-order chi connectivity index (χ0) is 26.5. The summed E-state index contributed by atoms with van der Waals surface area (Å²) in [6, 6.07) is 17.6. The van der Waals surface area contributed by atoms with Crippen molar-refractivity contribution in [2.45, 2.75) is 32.5 Å². The van der Waals surface area contributed by atoms with Gasteiger partial charge < -0.3 is 10.6 Å². The maximum absolute atomic E-state index is 14.2. The number of aromatic nitrogens is 3. The lowest BCUT2D eigenvalue weighted by Crippen LogP contribution is -2.26. The van der Waals surface area contributed by atoms with Crippen molar-refractivity contribution in [3.05, 3.63) is 99.6 Å². The van der Waals surface area contributed by atoms with Gasteiger partial charge in [-0.1, -0.05) is 53.7 Å². The number of aryl methyl sites for hydroxylation is 3. The van der Waals surface area contributed by atoms with Crippen LogP contribution < -0.4 is 10.6 Å². The largest absolute Gasteiger partial charge is 0.345 e. The Morgan fingerprint density at radius 3 is 2.51 bits per heavy atom. The molecule has 0 fully saturated rings. The van der Waals surface area contributed by atoms with E-state index < -0.39 is 11.7 Å². The average Bonchev–Trinajstić information content (AvgIpc) is 3.25. The highest BCUT2D eigenvalue weighted by atomic mass is 35.5. The van der Waals surface area contributed by atoms with Gasteiger partial charge in [-0.05, 0) is 67.8 Å². The van der Waals surface area contributed by atoms with Gasteiger partial charge in [-0.25, -0.2) is 4.39 Å². The van der Waals surface area contributed by atoms with Gasteiger partial charge in [-0.15, -0.1) is 10.2 Å². The van der Waals surface area contributed by atoms with E-state index in [2.05, 4.69) is 20.8 Å². The van der Waals surface area contributed by atoms with Gasteiger partial charge >= 0.3 is 0 Å². The summed E-state index contributed by atoms with van der Waals surface area (Å²) in [5.41, 5.74) is 4.33. The van der Waals surface area contributed by atoms with E-state index in [4.69, 9.17) is 11.6 Å². The lowest BCUT2D eigenvalue weighted by Gasteiger charge is -2.14. The van der Waals surface area contributed by atoms with Gasteiger partial charge in [-0.2, -0.15) is 0 Å². The first kappa shape index (κ1) is 26.4. The van der Waals surface area contributed by atoms with Gasteiger partial charge in [0.05, 0.1) is 28.6 Å². The molecule has 0 spiro atoms. The third-order valence-corrected chi connectivity index (χ3v) is 6.78. The van der Waals surface area contributed by atoms with Crippen molar-refractivity contribution in [1.29, 1.82) is 0 Å². The molecule has 0 atom stereocenters. The van der Waals surface area contributed by atoms with E-state index in [0.717, 1.165) is 28.1 Å². The van der Waals surface area contributed by atoms with Crippen LogP contribution in [0.2, 0.25) is 5.02 Å². The van der Waals surface area contributed by atoms with Gasteiger partial charge in [0.15, 0.2) is 11.0 Å². The summed E-state index contributed by atoms with van der Waals surface area (Å²) < 4.78 is 16.0. The number of benzene rings is 3. The summed E-state index contributed by atoms with van der Waals surface area (Å²) >= 11 is 7.27. The quantitative estimate of drug-likeness (QED) is 0.284. The summed E-state index contributed by atoms with van der Waals surface area (Å²) in [6.45, 7) is 5.85. The third kappa shape index (κ3) is 6.36. The molecule has 4 rings (SSSR count). The van der Waals surface area contributed by atoms with Crippen LogP contribution in [-0.2, 0) is 11.3 Å². The minimum absolute atomic E-state index is 0.0179. The second kappa shape index (κ2) is 11.6. The van der Waals surface area contributed by atoms with E-state index in [0.29, 0.717) is 11.0 Å². The fourth-order valence-electron chi connectivity index (χ4n) is 3.72. The predicted molar refractivity (Wildman–Crippen MR) is 144 cm³/mol. The van der Waals surface area contributed by atoms with Gasteiger partial charge in [0, 0.05) is 5.69 Å². The normalized spacial score (nSPS) is 10.8. The van der Waals surface area contributed by atoms with E-state index in [-0.39, 0.29) is 28.8 Å². The molecule has 0 aliphatic rings. The minimum atomic E-state index is -0.711. The predicted octanol–water partition coefficient (Wildman–Crippen LogP) is 5.65. The number of amides is 2.